The number of benzene rings is 2. The van der Waals surface area contributed by atoms with E-state index in [0.717, 1.165) is 0 Å². The second-order valence-electron chi connectivity index (χ2n) is 5.61. The molecule has 20 heavy (non-hydrogen) atoms. The Bertz CT molecular complexity index is 742. The lowest BCUT2D eigenvalue weighted by Crippen LogP contribution is -1.95. The monoisotopic (exact) mass is 329 g/mol. The summed E-state index contributed by atoms with van der Waals surface area (Å²) in [5, 5.41) is 2.61. The first-order valence-electron chi connectivity index (χ1n) is 7.41. The van der Waals surface area contributed by atoms with Gasteiger partial charge in [0.1, 0.15) is 0 Å². The summed E-state index contributed by atoms with van der Waals surface area (Å²) in [6.45, 7) is 4.58. The third-order valence-corrected chi connectivity index (χ3v) is 5.02. The van der Waals surface area contributed by atoms with Crippen LogP contribution in [0.25, 0.3) is 21.8 Å². The van der Waals surface area contributed by atoms with Crippen molar-refractivity contribution >= 4 is 37.7 Å². The molecule has 0 aliphatic rings. The molecule has 3 rings (SSSR count). The van der Waals surface area contributed by atoms with Gasteiger partial charge in [-0.1, -0.05) is 57.0 Å². The van der Waals surface area contributed by atoms with Crippen LogP contribution >= 0.6 is 15.9 Å². The summed E-state index contributed by atoms with van der Waals surface area (Å²) >= 11 is 3.82. The van der Waals surface area contributed by atoms with E-state index in [0.29, 0.717) is 5.92 Å². The summed E-state index contributed by atoms with van der Waals surface area (Å²) < 4.78 is 1.23. The van der Waals surface area contributed by atoms with Crippen molar-refractivity contribution in [3.8, 4) is 0 Å². The van der Waals surface area contributed by atoms with E-state index in [2.05, 4.69) is 71.2 Å². The van der Waals surface area contributed by atoms with Crippen LogP contribution in [0.1, 0.15) is 44.6 Å². The fourth-order valence-corrected chi connectivity index (χ4v) is 3.78. The molecule has 0 aliphatic carbocycles. The van der Waals surface area contributed by atoms with Crippen molar-refractivity contribution in [3.63, 3.8) is 0 Å². The van der Waals surface area contributed by atoms with Gasteiger partial charge in [0.05, 0.1) is 5.52 Å². The average Bonchev–Trinajstić information content (AvgIpc) is 2.85. The van der Waals surface area contributed by atoms with Crippen LogP contribution in [0, 0.1) is 0 Å². The van der Waals surface area contributed by atoms with Crippen molar-refractivity contribution in [2.45, 2.75) is 39.0 Å². The molecule has 0 radical (unpaired) electrons. The molecular formula is C18H20BrN. The Hall–Kier alpha value is -1.28. The Labute approximate surface area is 128 Å². The fraction of sp³-hybridized carbons (Fsp3) is 0.333. The smallest absolute Gasteiger partial charge is 0.0612 e. The zero-order chi connectivity index (χ0) is 14.1. The fourth-order valence-electron chi connectivity index (χ4n) is 2.95. The predicted molar refractivity (Wildman–Crippen MR) is 91.4 cm³/mol. The van der Waals surface area contributed by atoms with E-state index in [1.165, 1.54) is 51.1 Å². The molecule has 104 valence electrons. The number of H-pyrrole nitrogens is 1. The minimum Gasteiger partial charge on any atom is -0.354 e. The molecule has 1 unspecified atom stereocenters. The van der Waals surface area contributed by atoms with E-state index >= 15 is 0 Å². The summed E-state index contributed by atoms with van der Waals surface area (Å²) in [4.78, 5) is 3.55. The molecule has 3 aromatic rings. The highest BCUT2D eigenvalue weighted by Gasteiger charge is 2.14. The first-order chi connectivity index (χ1) is 9.72. The minimum atomic E-state index is 0.597. The number of rotatable bonds is 4. The standard InChI is InChI=1S/C18H20BrN/c1-3-4-7-12(2)13-10-11-15-14-8-5-6-9-16(14)20-18(15)17(13)19/h5-6,8-12,20H,3-4,7H2,1-2H3. The van der Waals surface area contributed by atoms with Gasteiger partial charge in [-0.15, -0.1) is 0 Å². The van der Waals surface area contributed by atoms with E-state index in [1.54, 1.807) is 0 Å². The predicted octanol–water partition coefficient (Wildman–Crippen LogP) is 6.38. The number of para-hydroxylation sites is 1. The Morgan fingerprint density at radius 3 is 2.70 bits per heavy atom. The molecule has 1 atom stereocenters. The molecule has 0 saturated heterocycles. The van der Waals surface area contributed by atoms with E-state index in [-0.39, 0.29) is 0 Å². The van der Waals surface area contributed by atoms with Crippen LogP contribution < -0.4 is 0 Å². The summed E-state index contributed by atoms with van der Waals surface area (Å²) in [5.74, 6) is 0.597. The van der Waals surface area contributed by atoms with Crippen LogP contribution in [0.5, 0.6) is 0 Å². The first-order valence-corrected chi connectivity index (χ1v) is 8.20. The first kappa shape index (κ1) is 13.7. The van der Waals surface area contributed by atoms with Gasteiger partial charge in [0.15, 0.2) is 0 Å². The third-order valence-electron chi connectivity index (χ3n) is 4.17. The quantitative estimate of drug-likeness (QED) is 0.571. The second-order valence-corrected chi connectivity index (χ2v) is 6.40. The topological polar surface area (TPSA) is 15.8 Å². The lowest BCUT2D eigenvalue weighted by Gasteiger charge is -2.14. The molecule has 1 aromatic heterocycles. The molecule has 0 bridgehead atoms. The molecular weight excluding hydrogens is 310 g/mol. The molecule has 2 heteroatoms. The normalized spacial score (nSPS) is 13.2. The van der Waals surface area contributed by atoms with Gasteiger partial charge in [-0.2, -0.15) is 0 Å². The SMILES string of the molecule is CCCCC(C)c1ccc2c([nH]c3ccccc32)c1Br. The number of aromatic amines is 1. The van der Waals surface area contributed by atoms with Gasteiger partial charge in [0.2, 0.25) is 0 Å². The van der Waals surface area contributed by atoms with Crippen molar-refractivity contribution in [2.75, 3.05) is 0 Å². The summed E-state index contributed by atoms with van der Waals surface area (Å²) in [7, 11) is 0. The maximum absolute atomic E-state index is 3.82. The highest BCUT2D eigenvalue weighted by atomic mass is 79.9. The Morgan fingerprint density at radius 2 is 1.90 bits per heavy atom. The second kappa shape index (κ2) is 5.61. The zero-order valence-corrected chi connectivity index (χ0v) is 13.6. The number of nitrogens with one attached hydrogen (secondary N) is 1. The van der Waals surface area contributed by atoms with Gasteiger partial charge in [-0.25, -0.2) is 0 Å². The van der Waals surface area contributed by atoms with E-state index in [9.17, 15) is 0 Å². The van der Waals surface area contributed by atoms with Gasteiger partial charge >= 0.3 is 0 Å². The van der Waals surface area contributed by atoms with E-state index < -0.39 is 0 Å². The van der Waals surface area contributed by atoms with Crippen LogP contribution in [0.4, 0.5) is 0 Å². The molecule has 0 spiro atoms. The van der Waals surface area contributed by atoms with E-state index in [1.807, 2.05) is 0 Å². The molecule has 1 heterocycles. The third kappa shape index (κ3) is 2.26. The average molecular weight is 330 g/mol. The number of unbranched alkanes of at least 4 members (excludes halogenated alkanes) is 1. The van der Waals surface area contributed by atoms with Crippen LogP contribution in [0.2, 0.25) is 0 Å². The van der Waals surface area contributed by atoms with Crippen molar-refractivity contribution < 1.29 is 0 Å². The molecule has 0 amide bonds. The van der Waals surface area contributed by atoms with Crippen molar-refractivity contribution in [3.05, 3.63) is 46.4 Å². The molecule has 1 nitrogen and oxygen atoms in total. The Kier molecular flexibility index (Phi) is 3.84. The highest BCUT2D eigenvalue weighted by Crippen LogP contribution is 2.36. The number of halogens is 1. The number of aromatic nitrogens is 1. The molecule has 0 saturated carbocycles. The molecule has 1 N–H and O–H groups in total. The van der Waals surface area contributed by atoms with Gasteiger partial charge in [-0.3, -0.25) is 0 Å². The Morgan fingerprint density at radius 1 is 1.10 bits per heavy atom. The van der Waals surface area contributed by atoms with Gasteiger partial charge in [0.25, 0.3) is 0 Å². The number of hydrogen-bond acceptors (Lipinski definition) is 0. The van der Waals surface area contributed by atoms with Crippen molar-refractivity contribution in [2.24, 2.45) is 0 Å². The molecule has 2 aromatic carbocycles. The molecule has 0 aliphatic heterocycles. The number of fused-ring (bicyclic) bond motifs is 3. The lowest BCUT2D eigenvalue weighted by atomic mass is 9.94. The van der Waals surface area contributed by atoms with Gasteiger partial charge in [0, 0.05) is 20.8 Å². The lowest BCUT2D eigenvalue weighted by molar-refractivity contribution is 0.623. The van der Waals surface area contributed by atoms with E-state index in [4.69, 9.17) is 0 Å². The molecule has 0 fully saturated rings. The van der Waals surface area contributed by atoms with Crippen molar-refractivity contribution in [1.82, 2.24) is 4.98 Å². The van der Waals surface area contributed by atoms with Gasteiger partial charge < -0.3 is 4.98 Å². The summed E-state index contributed by atoms with van der Waals surface area (Å²) in [6.07, 6.45) is 3.80. The summed E-state index contributed by atoms with van der Waals surface area (Å²) in [5.41, 5.74) is 3.85. The zero-order valence-electron chi connectivity index (χ0n) is 12.0. The highest BCUT2D eigenvalue weighted by molar-refractivity contribution is 9.10. The van der Waals surface area contributed by atoms with Crippen LogP contribution in [0.3, 0.4) is 0 Å². The van der Waals surface area contributed by atoms with Crippen LogP contribution in [-0.2, 0) is 0 Å². The van der Waals surface area contributed by atoms with Crippen LogP contribution in [0.15, 0.2) is 40.9 Å². The maximum atomic E-state index is 3.82. The number of hydrogen-bond donors (Lipinski definition) is 1. The largest absolute Gasteiger partial charge is 0.354 e. The summed E-state index contributed by atoms with van der Waals surface area (Å²) in [6, 6.07) is 13.0. The maximum Gasteiger partial charge on any atom is 0.0612 e. The minimum absolute atomic E-state index is 0.597. The van der Waals surface area contributed by atoms with Crippen molar-refractivity contribution in [1.29, 1.82) is 0 Å². The Balaban J connectivity index is 2.13. The van der Waals surface area contributed by atoms with Gasteiger partial charge in [-0.05, 0) is 39.9 Å². The van der Waals surface area contributed by atoms with Crippen LogP contribution in [-0.4, -0.2) is 4.98 Å².